The van der Waals surface area contributed by atoms with Gasteiger partial charge in [0.15, 0.2) is 0 Å². The minimum atomic E-state index is 0.0699. The minimum Gasteiger partial charge on any atom is -0.330 e. The van der Waals surface area contributed by atoms with E-state index in [-0.39, 0.29) is 11.8 Å². The lowest BCUT2D eigenvalue weighted by atomic mass is 10.4. The number of anilines is 1. The summed E-state index contributed by atoms with van der Waals surface area (Å²) in [7, 11) is 0. The summed E-state index contributed by atoms with van der Waals surface area (Å²) < 4.78 is 0. The molecule has 0 radical (unpaired) electrons. The maximum absolute atomic E-state index is 11.3. The van der Waals surface area contributed by atoms with Crippen molar-refractivity contribution in [3.8, 4) is 0 Å². The predicted molar refractivity (Wildman–Crippen MR) is 54.0 cm³/mol. The number of nitrogens with zero attached hydrogens (tertiary/aromatic N) is 2. The molecule has 0 unspecified atom stereocenters. The van der Waals surface area contributed by atoms with Gasteiger partial charge >= 0.3 is 0 Å². The molecule has 3 N–H and O–H groups in total. The maximum Gasteiger partial charge on any atom is 0.229 e. The molecule has 1 saturated carbocycles. The lowest BCUT2D eigenvalue weighted by Gasteiger charge is -1.95. The van der Waals surface area contributed by atoms with Gasteiger partial charge in [-0.3, -0.25) is 4.79 Å². The number of amides is 1. The van der Waals surface area contributed by atoms with Crippen molar-refractivity contribution in [2.75, 3.05) is 11.9 Å². The van der Waals surface area contributed by atoms with E-state index in [0.29, 0.717) is 11.7 Å². The quantitative estimate of drug-likeness (QED) is 0.756. The monoisotopic (exact) mass is 212 g/mol. The summed E-state index contributed by atoms with van der Waals surface area (Å²) in [5.41, 5.74) is 5.38. The van der Waals surface area contributed by atoms with Crippen molar-refractivity contribution >= 4 is 22.4 Å². The molecule has 0 saturated heterocycles. The Morgan fingerprint density at radius 3 is 3.00 bits per heavy atom. The molecule has 0 atom stereocenters. The second-order valence-corrected chi connectivity index (χ2v) is 4.37. The fourth-order valence-electron chi connectivity index (χ4n) is 1.08. The van der Waals surface area contributed by atoms with E-state index in [1.807, 2.05) is 0 Å². The zero-order chi connectivity index (χ0) is 9.97. The number of carbonyl (C=O) groups excluding carboxylic acids is 1. The van der Waals surface area contributed by atoms with Crippen LogP contribution in [0.25, 0.3) is 0 Å². The first kappa shape index (κ1) is 9.54. The smallest absolute Gasteiger partial charge is 0.229 e. The molecule has 1 aliphatic rings. The molecular formula is C8H12N4OS. The van der Waals surface area contributed by atoms with Crippen LogP contribution < -0.4 is 11.1 Å². The van der Waals surface area contributed by atoms with Gasteiger partial charge in [0.2, 0.25) is 11.0 Å². The molecule has 0 aromatic carbocycles. The third kappa shape index (κ3) is 2.27. The third-order valence-electron chi connectivity index (χ3n) is 2.00. The molecule has 0 aliphatic heterocycles. The van der Waals surface area contributed by atoms with Gasteiger partial charge in [-0.2, -0.15) is 0 Å². The van der Waals surface area contributed by atoms with Gasteiger partial charge in [0.05, 0.1) is 0 Å². The van der Waals surface area contributed by atoms with E-state index in [2.05, 4.69) is 15.5 Å². The molecule has 1 aromatic rings. The Labute approximate surface area is 85.7 Å². The molecule has 5 nitrogen and oxygen atoms in total. The average Bonchev–Trinajstić information content (AvgIpc) is 2.92. The minimum absolute atomic E-state index is 0.0699. The van der Waals surface area contributed by atoms with Gasteiger partial charge in [-0.25, -0.2) is 0 Å². The normalized spacial score (nSPS) is 15.5. The maximum atomic E-state index is 11.3. The summed E-state index contributed by atoms with van der Waals surface area (Å²) in [6.07, 6.45) is 2.72. The molecule has 0 bridgehead atoms. The first-order valence-electron chi connectivity index (χ1n) is 4.63. The van der Waals surface area contributed by atoms with Gasteiger partial charge < -0.3 is 11.1 Å². The van der Waals surface area contributed by atoms with Crippen LogP contribution >= 0.6 is 11.3 Å². The summed E-state index contributed by atoms with van der Waals surface area (Å²) in [5, 5.41) is 12.0. The highest BCUT2D eigenvalue weighted by Crippen LogP contribution is 2.30. The average molecular weight is 212 g/mol. The van der Waals surface area contributed by atoms with E-state index in [0.717, 1.165) is 24.3 Å². The van der Waals surface area contributed by atoms with Crippen LogP contribution in [0.2, 0.25) is 0 Å². The van der Waals surface area contributed by atoms with E-state index in [1.54, 1.807) is 0 Å². The number of aromatic nitrogens is 2. The number of rotatable bonds is 4. The van der Waals surface area contributed by atoms with Crippen LogP contribution in [0, 0.1) is 5.92 Å². The van der Waals surface area contributed by atoms with Gasteiger partial charge in [-0.1, -0.05) is 11.3 Å². The van der Waals surface area contributed by atoms with Crippen molar-refractivity contribution in [3.63, 3.8) is 0 Å². The first-order chi connectivity index (χ1) is 6.79. The zero-order valence-corrected chi connectivity index (χ0v) is 8.51. The van der Waals surface area contributed by atoms with E-state index < -0.39 is 0 Å². The number of nitrogens with one attached hydrogen (secondary N) is 1. The summed E-state index contributed by atoms with van der Waals surface area (Å²) in [6, 6.07) is 0. The highest BCUT2D eigenvalue weighted by Gasteiger charge is 2.30. The van der Waals surface area contributed by atoms with Crippen LogP contribution in [-0.4, -0.2) is 22.6 Å². The molecule has 1 aromatic heterocycles. The number of nitrogens with two attached hydrogens (primary N) is 1. The fourth-order valence-corrected chi connectivity index (χ4v) is 1.84. The molecule has 0 spiro atoms. The molecule has 1 fully saturated rings. The lowest BCUT2D eigenvalue weighted by Crippen LogP contribution is -2.12. The van der Waals surface area contributed by atoms with E-state index in [1.165, 1.54) is 11.3 Å². The first-order valence-corrected chi connectivity index (χ1v) is 5.44. The molecule has 2 rings (SSSR count). The Balaban J connectivity index is 1.91. The van der Waals surface area contributed by atoms with Gasteiger partial charge in [-0.15, -0.1) is 10.2 Å². The molecule has 1 amide bonds. The number of carbonyl (C=O) groups is 1. The molecule has 1 aliphatic carbocycles. The van der Waals surface area contributed by atoms with Crippen molar-refractivity contribution in [1.29, 1.82) is 0 Å². The van der Waals surface area contributed by atoms with Crippen molar-refractivity contribution in [2.24, 2.45) is 11.7 Å². The Bertz CT molecular complexity index is 334. The van der Waals surface area contributed by atoms with Gasteiger partial charge in [0.25, 0.3) is 0 Å². The molecule has 6 heteroatoms. The third-order valence-corrected chi connectivity index (χ3v) is 2.90. The number of hydrogen-bond acceptors (Lipinski definition) is 5. The highest BCUT2D eigenvalue weighted by atomic mass is 32.1. The topological polar surface area (TPSA) is 80.9 Å². The summed E-state index contributed by atoms with van der Waals surface area (Å²) in [4.78, 5) is 11.3. The molecular weight excluding hydrogens is 200 g/mol. The van der Waals surface area contributed by atoms with Gasteiger partial charge in [-0.05, 0) is 19.4 Å². The van der Waals surface area contributed by atoms with Gasteiger partial charge in [0, 0.05) is 12.3 Å². The summed E-state index contributed by atoms with van der Waals surface area (Å²) in [6.45, 7) is 0.561. The van der Waals surface area contributed by atoms with E-state index in [4.69, 9.17) is 5.73 Å². The van der Waals surface area contributed by atoms with Crippen LogP contribution in [-0.2, 0) is 11.2 Å². The van der Waals surface area contributed by atoms with Crippen molar-refractivity contribution < 1.29 is 4.79 Å². The Morgan fingerprint density at radius 2 is 2.36 bits per heavy atom. The second kappa shape index (κ2) is 4.02. The second-order valence-electron chi connectivity index (χ2n) is 3.30. The van der Waals surface area contributed by atoms with E-state index >= 15 is 0 Å². The van der Waals surface area contributed by atoms with Crippen LogP contribution in [0.1, 0.15) is 17.8 Å². The predicted octanol–water partition coefficient (Wildman–Crippen LogP) is 0.388. The molecule has 76 valence electrons. The Hall–Kier alpha value is -1.01. The molecule has 1 heterocycles. The fraction of sp³-hybridized carbons (Fsp3) is 0.625. The largest absolute Gasteiger partial charge is 0.330 e. The van der Waals surface area contributed by atoms with Crippen LogP contribution in [0.5, 0.6) is 0 Å². The zero-order valence-electron chi connectivity index (χ0n) is 7.69. The van der Waals surface area contributed by atoms with Crippen molar-refractivity contribution in [3.05, 3.63) is 5.01 Å². The number of hydrogen-bond donors (Lipinski definition) is 2. The SMILES string of the molecule is NCCc1nnc(NC(=O)C2CC2)s1. The molecule has 14 heavy (non-hydrogen) atoms. The summed E-state index contributed by atoms with van der Waals surface area (Å²) in [5.74, 6) is 0.275. The van der Waals surface area contributed by atoms with Crippen LogP contribution in [0.3, 0.4) is 0 Å². The van der Waals surface area contributed by atoms with Gasteiger partial charge in [0.1, 0.15) is 5.01 Å². The Morgan fingerprint density at radius 1 is 1.57 bits per heavy atom. The van der Waals surface area contributed by atoms with Crippen molar-refractivity contribution in [2.45, 2.75) is 19.3 Å². The van der Waals surface area contributed by atoms with Crippen LogP contribution in [0.4, 0.5) is 5.13 Å². The van der Waals surface area contributed by atoms with E-state index in [9.17, 15) is 4.79 Å². The highest BCUT2D eigenvalue weighted by molar-refractivity contribution is 7.15. The standard InChI is InChI=1S/C8H12N4OS/c9-4-3-6-11-12-8(14-6)10-7(13)5-1-2-5/h5H,1-4,9H2,(H,10,12,13). The van der Waals surface area contributed by atoms with Crippen molar-refractivity contribution in [1.82, 2.24) is 10.2 Å². The lowest BCUT2D eigenvalue weighted by molar-refractivity contribution is -0.117. The van der Waals surface area contributed by atoms with Crippen LogP contribution in [0.15, 0.2) is 0 Å². The summed E-state index contributed by atoms with van der Waals surface area (Å²) >= 11 is 1.40. The Kier molecular flexibility index (Phi) is 2.74.